The molecule has 1 aromatic rings. The lowest BCUT2D eigenvalue weighted by atomic mass is 10.1. The molecule has 14 heavy (non-hydrogen) atoms. The van der Waals surface area contributed by atoms with Crippen LogP contribution in [0.25, 0.3) is 6.08 Å². The van der Waals surface area contributed by atoms with Gasteiger partial charge in [0.1, 0.15) is 0 Å². The van der Waals surface area contributed by atoms with Crippen LogP contribution >= 0.6 is 0 Å². The minimum absolute atomic E-state index is 0.0527. The van der Waals surface area contributed by atoms with Gasteiger partial charge in [0, 0.05) is 12.7 Å². The van der Waals surface area contributed by atoms with E-state index in [4.69, 9.17) is 5.11 Å². The molecule has 0 fully saturated rings. The predicted octanol–water partition coefficient (Wildman–Crippen LogP) is 1.99. The zero-order valence-corrected chi connectivity index (χ0v) is 7.59. The molecule has 0 bridgehead atoms. The lowest BCUT2D eigenvalue weighted by Crippen LogP contribution is -1.90. The molecule has 4 nitrogen and oxygen atoms in total. The summed E-state index contributed by atoms with van der Waals surface area (Å²) >= 11 is 0. The molecule has 0 saturated heterocycles. The van der Waals surface area contributed by atoms with Crippen molar-refractivity contribution in [3.05, 3.63) is 46.0 Å². The van der Waals surface area contributed by atoms with Gasteiger partial charge in [-0.05, 0) is 12.5 Å². The van der Waals surface area contributed by atoms with E-state index in [1.54, 1.807) is 30.4 Å². The smallest absolute Gasteiger partial charge is 0.276 e. The maximum absolute atomic E-state index is 10.6. The lowest BCUT2D eigenvalue weighted by Gasteiger charge is -1.95. The van der Waals surface area contributed by atoms with Crippen molar-refractivity contribution in [2.45, 2.75) is 6.42 Å². The largest absolute Gasteiger partial charge is 0.396 e. The van der Waals surface area contributed by atoms with E-state index in [-0.39, 0.29) is 12.3 Å². The Morgan fingerprint density at radius 1 is 1.43 bits per heavy atom. The highest BCUT2D eigenvalue weighted by Crippen LogP contribution is 2.18. The summed E-state index contributed by atoms with van der Waals surface area (Å²) in [6.45, 7) is 0.0527. The third-order valence-electron chi connectivity index (χ3n) is 1.73. The number of nitro benzene ring substituents is 1. The quantitative estimate of drug-likeness (QED) is 0.587. The highest BCUT2D eigenvalue weighted by molar-refractivity contribution is 5.60. The van der Waals surface area contributed by atoms with E-state index < -0.39 is 4.92 Å². The first kappa shape index (κ1) is 10.4. The Morgan fingerprint density at radius 2 is 2.14 bits per heavy atom. The molecule has 0 heterocycles. The number of aliphatic hydroxyl groups is 1. The molecular weight excluding hydrogens is 182 g/mol. The van der Waals surface area contributed by atoms with Gasteiger partial charge in [0.15, 0.2) is 0 Å². The van der Waals surface area contributed by atoms with Crippen LogP contribution in [0.2, 0.25) is 0 Å². The Balaban J connectivity index is 2.90. The number of nitro groups is 1. The van der Waals surface area contributed by atoms with Gasteiger partial charge < -0.3 is 5.11 Å². The number of hydrogen-bond donors (Lipinski definition) is 1. The first-order chi connectivity index (χ1) is 6.75. The molecule has 0 aliphatic rings. The van der Waals surface area contributed by atoms with Gasteiger partial charge in [-0.25, -0.2) is 0 Å². The van der Waals surface area contributed by atoms with Crippen molar-refractivity contribution in [1.29, 1.82) is 0 Å². The summed E-state index contributed by atoms with van der Waals surface area (Å²) < 4.78 is 0. The maximum atomic E-state index is 10.6. The number of rotatable bonds is 4. The van der Waals surface area contributed by atoms with Crippen molar-refractivity contribution in [1.82, 2.24) is 0 Å². The molecule has 0 aliphatic heterocycles. The lowest BCUT2D eigenvalue weighted by molar-refractivity contribution is -0.385. The Labute approximate surface area is 81.6 Å². The third kappa shape index (κ3) is 2.67. The summed E-state index contributed by atoms with van der Waals surface area (Å²) in [7, 11) is 0. The van der Waals surface area contributed by atoms with Crippen LogP contribution in [0.5, 0.6) is 0 Å². The fraction of sp³-hybridized carbons (Fsp3) is 0.200. The van der Waals surface area contributed by atoms with Crippen LogP contribution in [0.15, 0.2) is 30.3 Å². The number of nitrogens with zero attached hydrogens (tertiary/aromatic N) is 1. The fourth-order valence-electron chi connectivity index (χ4n) is 1.08. The van der Waals surface area contributed by atoms with E-state index >= 15 is 0 Å². The number of aliphatic hydroxyl groups excluding tert-OH is 1. The molecular formula is C10H11NO3. The topological polar surface area (TPSA) is 63.4 Å². The van der Waals surface area contributed by atoms with Gasteiger partial charge in [-0.2, -0.15) is 0 Å². The average molecular weight is 193 g/mol. The molecule has 0 aromatic heterocycles. The zero-order valence-electron chi connectivity index (χ0n) is 7.59. The first-order valence-corrected chi connectivity index (χ1v) is 4.26. The van der Waals surface area contributed by atoms with Crippen molar-refractivity contribution in [2.75, 3.05) is 6.61 Å². The van der Waals surface area contributed by atoms with E-state index in [1.807, 2.05) is 0 Å². The molecule has 1 rings (SSSR count). The summed E-state index contributed by atoms with van der Waals surface area (Å²) in [6.07, 6.45) is 3.86. The summed E-state index contributed by atoms with van der Waals surface area (Å²) in [5.41, 5.74) is 0.646. The Morgan fingerprint density at radius 3 is 2.79 bits per heavy atom. The van der Waals surface area contributed by atoms with Gasteiger partial charge in [-0.15, -0.1) is 0 Å². The number of para-hydroxylation sites is 1. The fourth-order valence-corrected chi connectivity index (χ4v) is 1.08. The molecule has 0 radical (unpaired) electrons. The van der Waals surface area contributed by atoms with Gasteiger partial charge in [0.2, 0.25) is 0 Å². The number of hydrogen-bond acceptors (Lipinski definition) is 3. The second-order valence-electron chi connectivity index (χ2n) is 2.73. The summed E-state index contributed by atoms with van der Waals surface area (Å²) in [4.78, 5) is 10.2. The van der Waals surface area contributed by atoms with Crippen molar-refractivity contribution >= 4 is 11.8 Å². The molecule has 0 unspecified atom stereocenters. The summed E-state index contributed by atoms with van der Waals surface area (Å²) in [5, 5.41) is 19.1. The van der Waals surface area contributed by atoms with Crippen LogP contribution in [0.3, 0.4) is 0 Å². The van der Waals surface area contributed by atoms with Gasteiger partial charge >= 0.3 is 0 Å². The molecule has 0 aliphatic carbocycles. The molecule has 0 saturated carbocycles. The van der Waals surface area contributed by atoms with E-state index in [0.717, 1.165) is 0 Å². The second kappa shape index (κ2) is 5.14. The first-order valence-electron chi connectivity index (χ1n) is 4.26. The van der Waals surface area contributed by atoms with Crippen LogP contribution in [0, 0.1) is 10.1 Å². The molecule has 1 N–H and O–H groups in total. The monoisotopic (exact) mass is 193 g/mol. The second-order valence-corrected chi connectivity index (χ2v) is 2.73. The maximum Gasteiger partial charge on any atom is 0.276 e. The minimum Gasteiger partial charge on any atom is -0.396 e. The van der Waals surface area contributed by atoms with Crippen molar-refractivity contribution in [3.8, 4) is 0 Å². The molecule has 1 aromatic carbocycles. The van der Waals surface area contributed by atoms with E-state index in [0.29, 0.717) is 12.0 Å². The SMILES string of the molecule is O=[N+]([O-])c1ccccc1C=CCCO. The van der Waals surface area contributed by atoms with Crippen LogP contribution in [-0.2, 0) is 0 Å². The van der Waals surface area contributed by atoms with Crippen molar-refractivity contribution in [2.24, 2.45) is 0 Å². The molecule has 0 spiro atoms. The number of benzene rings is 1. The zero-order chi connectivity index (χ0) is 10.4. The third-order valence-corrected chi connectivity index (χ3v) is 1.73. The van der Waals surface area contributed by atoms with Gasteiger partial charge in [-0.1, -0.05) is 24.3 Å². The molecule has 0 amide bonds. The van der Waals surface area contributed by atoms with Gasteiger partial charge in [0.25, 0.3) is 5.69 Å². The van der Waals surface area contributed by atoms with Crippen LogP contribution in [-0.4, -0.2) is 16.6 Å². The molecule has 0 atom stereocenters. The Kier molecular flexibility index (Phi) is 3.82. The summed E-state index contributed by atoms with van der Waals surface area (Å²) in [6, 6.07) is 6.50. The Bertz CT molecular complexity index is 347. The van der Waals surface area contributed by atoms with Crippen molar-refractivity contribution in [3.63, 3.8) is 0 Å². The van der Waals surface area contributed by atoms with Gasteiger partial charge in [-0.3, -0.25) is 10.1 Å². The average Bonchev–Trinajstić information content (AvgIpc) is 2.19. The molecule has 4 heteroatoms. The van der Waals surface area contributed by atoms with E-state index in [2.05, 4.69) is 0 Å². The van der Waals surface area contributed by atoms with E-state index in [9.17, 15) is 10.1 Å². The van der Waals surface area contributed by atoms with Crippen LogP contribution in [0.4, 0.5) is 5.69 Å². The van der Waals surface area contributed by atoms with Crippen LogP contribution < -0.4 is 0 Å². The van der Waals surface area contributed by atoms with E-state index in [1.165, 1.54) is 6.07 Å². The standard InChI is InChI=1S/C10H11NO3/c12-8-4-3-6-9-5-1-2-7-10(9)11(13)14/h1-3,5-7,12H,4,8H2. The molecule has 74 valence electrons. The summed E-state index contributed by atoms with van der Waals surface area (Å²) in [5.74, 6) is 0. The van der Waals surface area contributed by atoms with Crippen molar-refractivity contribution < 1.29 is 10.0 Å². The normalized spacial score (nSPS) is 10.6. The van der Waals surface area contributed by atoms with Crippen LogP contribution in [0.1, 0.15) is 12.0 Å². The predicted molar refractivity (Wildman–Crippen MR) is 53.8 cm³/mol. The Hall–Kier alpha value is -1.68. The highest BCUT2D eigenvalue weighted by atomic mass is 16.6. The van der Waals surface area contributed by atoms with Gasteiger partial charge in [0.05, 0.1) is 10.5 Å². The minimum atomic E-state index is -0.418. The highest BCUT2D eigenvalue weighted by Gasteiger charge is 2.08.